The standard InChI is InChI=1S/C12H14N2O5S/c15-12(10-5-6-20(18,19)8-10)13-7-9-3-1-2-4-11(9)14(16)17/h1-4,10H,5-8H2,(H,13,15). The van der Waals surface area contributed by atoms with E-state index in [1.54, 1.807) is 18.2 Å². The van der Waals surface area contributed by atoms with E-state index in [0.29, 0.717) is 12.0 Å². The average Bonchev–Trinajstić information content (AvgIpc) is 2.76. The highest BCUT2D eigenvalue weighted by Gasteiger charge is 2.32. The van der Waals surface area contributed by atoms with Crippen LogP contribution in [0.15, 0.2) is 24.3 Å². The maximum absolute atomic E-state index is 11.8. The summed E-state index contributed by atoms with van der Waals surface area (Å²) in [6, 6.07) is 6.12. The third-order valence-electron chi connectivity index (χ3n) is 3.24. The fourth-order valence-electron chi connectivity index (χ4n) is 2.17. The molecule has 1 aliphatic rings. The Morgan fingerprint density at radius 1 is 1.40 bits per heavy atom. The number of nitro groups is 1. The fraction of sp³-hybridized carbons (Fsp3) is 0.417. The van der Waals surface area contributed by atoms with E-state index in [2.05, 4.69) is 5.32 Å². The Kier molecular flexibility index (Phi) is 4.03. The molecule has 2 rings (SSSR count). The maximum Gasteiger partial charge on any atom is 0.274 e. The normalized spacial score (nSPS) is 20.5. The zero-order valence-corrected chi connectivity index (χ0v) is 11.4. The summed E-state index contributed by atoms with van der Waals surface area (Å²) in [5, 5.41) is 13.4. The molecule has 1 amide bonds. The van der Waals surface area contributed by atoms with E-state index in [0.717, 1.165) is 0 Å². The van der Waals surface area contributed by atoms with Crippen molar-refractivity contribution in [2.75, 3.05) is 11.5 Å². The Bertz CT molecular complexity index is 641. The number of hydrogen-bond donors (Lipinski definition) is 1. The predicted octanol–water partition coefficient (Wildman–Crippen LogP) is 0.646. The van der Waals surface area contributed by atoms with Crippen molar-refractivity contribution < 1.29 is 18.1 Å². The van der Waals surface area contributed by atoms with Gasteiger partial charge in [0.25, 0.3) is 5.69 Å². The number of hydrogen-bond acceptors (Lipinski definition) is 5. The number of nitrogens with zero attached hydrogens (tertiary/aromatic N) is 1. The molecular formula is C12H14N2O5S. The second-order valence-corrected chi connectivity index (χ2v) is 6.93. The van der Waals surface area contributed by atoms with E-state index in [-0.39, 0.29) is 29.6 Å². The van der Waals surface area contributed by atoms with Crippen LogP contribution < -0.4 is 5.32 Å². The van der Waals surface area contributed by atoms with Crippen LogP contribution in [0, 0.1) is 16.0 Å². The van der Waals surface area contributed by atoms with Gasteiger partial charge in [0.1, 0.15) is 0 Å². The van der Waals surface area contributed by atoms with E-state index in [1.165, 1.54) is 6.07 Å². The number of sulfone groups is 1. The molecule has 1 saturated heterocycles. The molecule has 1 unspecified atom stereocenters. The van der Waals surface area contributed by atoms with Crippen LogP contribution in [-0.2, 0) is 21.2 Å². The molecule has 0 radical (unpaired) electrons. The number of nitro benzene ring substituents is 1. The first-order valence-electron chi connectivity index (χ1n) is 6.09. The van der Waals surface area contributed by atoms with Gasteiger partial charge in [-0.25, -0.2) is 8.42 Å². The van der Waals surface area contributed by atoms with Crippen molar-refractivity contribution in [3.63, 3.8) is 0 Å². The van der Waals surface area contributed by atoms with E-state index >= 15 is 0 Å². The summed E-state index contributed by atoms with van der Waals surface area (Å²) in [6.45, 7) is 0.0204. The summed E-state index contributed by atoms with van der Waals surface area (Å²) in [5.74, 6) is -1.04. The predicted molar refractivity (Wildman–Crippen MR) is 71.7 cm³/mol. The first kappa shape index (κ1) is 14.4. The van der Waals surface area contributed by atoms with Crippen molar-refractivity contribution in [1.82, 2.24) is 5.32 Å². The number of carbonyl (C=O) groups is 1. The first-order valence-corrected chi connectivity index (χ1v) is 7.91. The van der Waals surface area contributed by atoms with Crippen molar-refractivity contribution in [1.29, 1.82) is 0 Å². The lowest BCUT2D eigenvalue weighted by atomic mass is 10.1. The van der Waals surface area contributed by atoms with Crippen LogP contribution in [0.25, 0.3) is 0 Å². The Labute approximate surface area is 116 Å². The van der Waals surface area contributed by atoms with Gasteiger partial charge in [-0.15, -0.1) is 0 Å². The van der Waals surface area contributed by atoms with Gasteiger partial charge in [-0.3, -0.25) is 14.9 Å². The van der Waals surface area contributed by atoms with Crippen molar-refractivity contribution >= 4 is 21.4 Å². The van der Waals surface area contributed by atoms with Gasteiger partial charge in [0.15, 0.2) is 9.84 Å². The van der Waals surface area contributed by atoms with Gasteiger partial charge in [0.2, 0.25) is 5.91 Å². The third-order valence-corrected chi connectivity index (χ3v) is 5.01. The number of benzene rings is 1. The topological polar surface area (TPSA) is 106 Å². The van der Waals surface area contributed by atoms with Crippen LogP contribution in [0.2, 0.25) is 0 Å². The molecule has 1 aromatic carbocycles. The number of amides is 1. The molecule has 1 aliphatic heterocycles. The highest BCUT2D eigenvalue weighted by atomic mass is 32.2. The van der Waals surface area contributed by atoms with Gasteiger partial charge in [-0.2, -0.15) is 0 Å². The smallest absolute Gasteiger partial charge is 0.274 e. The van der Waals surface area contributed by atoms with Crippen LogP contribution in [-0.4, -0.2) is 30.8 Å². The van der Waals surface area contributed by atoms with Crippen LogP contribution in [0.4, 0.5) is 5.69 Å². The minimum atomic E-state index is -3.11. The molecule has 1 N–H and O–H groups in total. The number of rotatable bonds is 4. The molecule has 0 spiro atoms. The average molecular weight is 298 g/mol. The molecule has 1 heterocycles. The highest BCUT2D eigenvalue weighted by Crippen LogP contribution is 2.20. The van der Waals surface area contributed by atoms with Crippen molar-refractivity contribution in [2.24, 2.45) is 5.92 Å². The molecule has 1 aromatic rings. The van der Waals surface area contributed by atoms with Gasteiger partial charge in [-0.05, 0) is 6.42 Å². The molecule has 8 heteroatoms. The fourth-order valence-corrected chi connectivity index (χ4v) is 3.91. The van der Waals surface area contributed by atoms with Gasteiger partial charge >= 0.3 is 0 Å². The summed E-state index contributed by atoms with van der Waals surface area (Å²) in [5.41, 5.74) is 0.332. The largest absolute Gasteiger partial charge is 0.351 e. The molecule has 7 nitrogen and oxygen atoms in total. The van der Waals surface area contributed by atoms with Gasteiger partial charge in [0, 0.05) is 18.2 Å². The highest BCUT2D eigenvalue weighted by molar-refractivity contribution is 7.91. The summed E-state index contributed by atoms with van der Waals surface area (Å²) >= 11 is 0. The lowest BCUT2D eigenvalue weighted by Gasteiger charge is -2.09. The Morgan fingerprint density at radius 3 is 2.70 bits per heavy atom. The summed E-state index contributed by atoms with van der Waals surface area (Å²) in [6.07, 6.45) is 0.311. The summed E-state index contributed by atoms with van der Waals surface area (Å²) in [7, 11) is -3.11. The van der Waals surface area contributed by atoms with Crippen LogP contribution >= 0.6 is 0 Å². The third kappa shape index (κ3) is 3.32. The SMILES string of the molecule is O=C(NCc1ccccc1[N+](=O)[O-])C1CCS(=O)(=O)C1. The van der Waals surface area contributed by atoms with E-state index in [9.17, 15) is 23.3 Å². The van der Waals surface area contributed by atoms with Crippen LogP contribution in [0.1, 0.15) is 12.0 Å². The monoisotopic (exact) mass is 298 g/mol. The van der Waals surface area contributed by atoms with Crippen LogP contribution in [0.5, 0.6) is 0 Å². The van der Waals surface area contributed by atoms with E-state index < -0.39 is 20.7 Å². The zero-order valence-electron chi connectivity index (χ0n) is 10.6. The molecule has 0 aromatic heterocycles. The second kappa shape index (κ2) is 5.58. The summed E-state index contributed by atoms with van der Waals surface area (Å²) in [4.78, 5) is 22.2. The maximum atomic E-state index is 11.8. The van der Waals surface area contributed by atoms with Gasteiger partial charge in [0.05, 0.1) is 22.3 Å². The van der Waals surface area contributed by atoms with Crippen molar-refractivity contribution in [2.45, 2.75) is 13.0 Å². The minimum absolute atomic E-state index is 0.0204. The molecule has 0 aliphatic carbocycles. The summed E-state index contributed by atoms with van der Waals surface area (Å²) < 4.78 is 22.6. The van der Waals surface area contributed by atoms with Gasteiger partial charge < -0.3 is 5.32 Å². The molecule has 20 heavy (non-hydrogen) atoms. The molecule has 1 atom stereocenters. The Balaban J connectivity index is 1.99. The minimum Gasteiger partial charge on any atom is -0.351 e. The molecule has 1 fully saturated rings. The lowest BCUT2D eigenvalue weighted by molar-refractivity contribution is -0.385. The molecule has 0 bridgehead atoms. The quantitative estimate of drug-likeness (QED) is 0.648. The van der Waals surface area contributed by atoms with Crippen LogP contribution in [0.3, 0.4) is 0 Å². The molecule has 0 saturated carbocycles. The van der Waals surface area contributed by atoms with Crippen molar-refractivity contribution in [3.05, 3.63) is 39.9 Å². The Hall–Kier alpha value is -1.96. The second-order valence-electron chi connectivity index (χ2n) is 4.70. The van der Waals surface area contributed by atoms with E-state index in [4.69, 9.17) is 0 Å². The first-order chi connectivity index (χ1) is 9.39. The number of para-hydroxylation sites is 1. The number of nitrogens with one attached hydrogen (secondary N) is 1. The van der Waals surface area contributed by atoms with E-state index in [1.807, 2.05) is 0 Å². The lowest BCUT2D eigenvalue weighted by Crippen LogP contribution is -2.31. The van der Waals surface area contributed by atoms with Crippen molar-refractivity contribution in [3.8, 4) is 0 Å². The molecular weight excluding hydrogens is 284 g/mol. The molecule has 108 valence electrons. The number of carbonyl (C=O) groups excluding carboxylic acids is 1. The Morgan fingerprint density at radius 2 is 2.10 bits per heavy atom. The van der Waals surface area contributed by atoms with Gasteiger partial charge in [-0.1, -0.05) is 18.2 Å². The zero-order chi connectivity index (χ0) is 14.8.